The molecular formula is C16H26N2O2S. The van der Waals surface area contributed by atoms with E-state index in [2.05, 4.69) is 5.32 Å². The van der Waals surface area contributed by atoms with E-state index in [1.807, 2.05) is 44.2 Å². The highest BCUT2D eigenvalue weighted by molar-refractivity contribution is 7.89. The summed E-state index contributed by atoms with van der Waals surface area (Å²) in [7, 11) is -3.21. The molecule has 1 atom stereocenters. The third-order valence-corrected chi connectivity index (χ3v) is 6.41. The van der Waals surface area contributed by atoms with E-state index in [1.54, 1.807) is 4.31 Å². The Morgan fingerprint density at radius 3 is 2.43 bits per heavy atom. The molecule has 2 rings (SSSR count). The van der Waals surface area contributed by atoms with Crippen LogP contribution in [0.1, 0.15) is 38.2 Å². The van der Waals surface area contributed by atoms with E-state index in [0.29, 0.717) is 6.54 Å². The molecule has 0 radical (unpaired) electrons. The highest BCUT2D eigenvalue weighted by atomic mass is 32.2. The molecule has 1 aliphatic rings. The van der Waals surface area contributed by atoms with Gasteiger partial charge in [0.25, 0.3) is 0 Å². The van der Waals surface area contributed by atoms with E-state index in [1.165, 1.54) is 0 Å². The Morgan fingerprint density at radius 2 is 1.86 bits per heavy atom. The maximum absolute atomic E-state index is 12.8. The van der Waals surface area contributed by atoms with Gasteiger partial charge < -0.3 is 5.32 Å². The fraction of sp³-hybridized carbons (Fsp3) is 0.625. The predicted octanol–water partition coefficient (Wildman–Crippen LogP) is 2.19. The van der Waals surface area contributed by atoms with Crippen molar-refractivity contribution in [2.75, 3.05) is 25.4 Å². The summed E-state index contributed by atoms with van der Waals surface area (Å²) in [4.78, 5) is 0. The molecular weight excluding hydrogens is 284 g/mol. The van der Waals surface area contributed by atoms with Crippen LogP contribution in [0.5, 0.6) is 0 Å². The molecule has 0 amide bonds. The first-order valence-corrected chi connectivity index (χ1v) is 9.40. The normalized spacial score (nSPS) is 18.8. The second-order valence-electron chi connectivity index (χ2n) is 5.77. The van der Waals surface area contributed by atoms with Crippen LogP contribution in [-0.4, -0.2) is 44.2 Å². The number of sulfonamides is 1. The van der Waals surface area contributed by atoms with Crippen LogP contribution in [0.15, 0.2) is 30.3 Å². The van der Waals surface area contributed by atoms with Crippen molar-refractivity contribution < 1.29 is 8.42 Å². The van der Waals surface area contributed by atoms with Gasteiger partial charge in [0.1, 0.15) is 0 Å². The van der Waals surface area contributed by atoms with Crippen LogP contribution in [0.25, 0.3) is 0 Å². The van der Waals surface area contributed by atoms with Gasteiger partial charge in [0.05, 0.1) is 5.75 Å². The largest absolute Gasteiger partial charge is 0.317 e. The van der Waals surface area contributed by atoms with Crippen LogP contribution in [0.4, 0.5) is 0 Å². The number of nitrogens with one attached hydrogen (secondary N) is 1. The van der Waals surface area contributed by atoms with Gasteiger partial charge in [-0.1, -0.05) is 44.2 Å². The Morgan fingerprint density at radius 1 is 1.24 bits per heavy atom. The van der Waals surface area contributed by atoms with Gasteiger partial charge in [0.15, 0.2) is 0 Å². The van der Waals surface area contributed by atoms with E-state index in [9.17, 15) is 8.42 Å². The Hall–Kier alpha value is -0.910. The number of hydrogen-bond donors (Lipinski definition) is 1. The van der Waals surface area contributed by atoms with Gasteiger partial charge in [-0.15, -0.1) is 0 Å². The summed E-state index contributed by atoms with van der Waals surface area (Å²) >= 11 is 0. The Kier molecular flexibility index (Phi) is 5.79. The predicted molar refractivity (Wildman–Crippen MR) is 86.9 cm³/mol. The van der Waals surface area contributed by atoms with Gasteiger partial charge in [-0.3, -0.25) is 0 Å². The standard InChI is InChI=1S/C16H26N2O2S/c1-3-18(16-9-11-17-12-10-16)21(19,20)13-14(2)15-7-5-4-6-8-15/h4-8,14,16-17H,3,9-13H2,1-2H3. The van der Waals surface area contributed by atoms with Crippen LogP contribution in [0.3, 0.4) is 0 Å². The van der Waals surface area contributed by atoms with Gasteiger partial charge in [-0.05, 0) is 37.4 Å². The van der Waals surface area contributed by atoms with Crippen molar-refractivity contribution in [1.29, 1.82) is 0 Å². The van der Waals surface area contributed by atoms with Gasteiger partial charge in [-0.25, -0.2) is 8.42 Å². The summed E-state index contributed by atoms with van der Waals surface area (Å²) < 4.78 is 27.2. The molecule has 118 valence electrons. The minimum Gasteiger partial charge on any atom is -0.317 e. The van der Waals surface area contributed by atoms with Gasteiger partial charge >= 0.3 is 0 Å². The van der Waals surface area contributed by atoms with Crippen molar-refractivity contribution in [1.82, 2.24) is 9.62 Å². The number of piperidine rings is 1. The lowest BCUT2D eigenvalue weighted by molar-refractivity contribution is 0.270. The number of hydrogen-bond acceptors (Lipinski definition) is 3. The van der Waals surface area contributed by atoms with E-state index in [0.717, 1.165) is 31.5 Å². The molecule has 4 nitrogen and oxygen atoms in total. The minimum absolute atomic E-state index is 0.0203. The van der Waals surface area contributed by atoms with Crippen LogP contribution < -0.4 is 5.32 Å². The molecule has 1 aromatic rings. The van der Waals surface area contributed by atoms with E-state index < -0.39 is 10.0 Å². The molecule has 1 heterocycles. The van der Waals surface area contributed by atoms with Crippen molar-refractivity contribution in [3.63, 3.8) is 0 Å². The Bertz CT molecular complexity index is 524. The van der Waals surface area contributed by atoms with Crippen molar-refractivity contribution in [2.45, 2.75) is 38.6 Å². The van der Waals surface area contributed by atoms with Crippen molar-refractivity contribution in [3.8, 4) is 0 Å². The van der Waals surface area contributed by atoms with Crippen LogP contribution in [0, 0.1) is 0 Å². The summed E-state index contributed by atoms with van der Waals surface area (Å²) in [6.07, 6.45) is 1.82. The summed E-state index contributed by atoms with van der Waals surface area (Å²) in [6, 6.07) is 10.0. The zero-order valence-electron chi connectivity index (χ0n) is 13.0. The number of benzene rings is 1. The SMILES string of the molecule is CCN(C1CCNCC1)S(=O)(=O)CC(C)c1ccccc1. The Labute approximate surface area is 128 Å². The molecule has 1 fully saturated rings. The second-order valence-corrected chi connectivity index (χ2v) is 7.74. The average molecular weight is 310 g/mol. The lowest BCUT2D eigenvalue weighted by Crippen LogP contribution is -2.47. The van der Waals surface area contributed by atoms with Crippen molar-refractivity contribution in [2.24, 2.45) is 0 Å². The van der Waals surface area contributed by atoms with Gasteiger partial charge in [-0.2, -0.15) is 4.31 Å². The van der Waals surface area contributed by atoms with E-state index >= 15 is 0 Å². The summed E-state index contributed by atoms with van der Waals surface area (Å²) in [5.74, 6) is 0.210. The molecule has 5 heteroatoms. The minimum atomic E-state index is -3.21. The zero-order valence-corrected chi connectivity index (χ0v) is 13.8. The molecule has 0 aliphatic carbocycles. The summed E-state index contributed by atoms with van der Waals surface area (Å²) in [6.45, 7) is 6.31. The molecule has 0 aromatic heterocycles. The van der Waals surface area contributed by atoms with Crippen LogP contribution in [-0.2, 0) is 10.0 Å². The van der Waals surface area contributed by atoms with E-state index in [-0.39, 0.29) is 17.7 Å². The third-order valence-electron chi connectivity index (χ3n) is 4.21. The highest BCUT2D eigenvalue weighted by Crippen LogP contribution is 2.22. The van der Waals surface area contributed by atoms with Crippen molar-refractivity contribution >= 4 is 10.0 Å². The topological polar surface area (TPSA) is 49.4 Å². The van der Waals surface area contributed by atoms with Crippen LogP contribution >= 0.6 is 0 Å². The molecule has 1 aromatic carbocycles. The van der Waals surface area contributed by atoms with Crippen molar-refractivity contribution in [3.05, 3.63) is 35.9 Å². The second kappa shape index (κ2) is 7.38. The maximum Gasteiger partial charge on any atom is 0.214 e. The fourth-order valence-electron chi connectivity index (χ4n) is 3.07. The fourth-order valence-corrected chi connectivity index (χ4v) is 5.14. The molecule has 1 saturated heterocycles. The highest BCUT2D eigenvalue weighted by Gasteiger charge is 2.30. The zero-order chi connectivity index (χ0) is 15.3. The first kappa shape index (κ1) is 16.5. The van der Waals surface area contributed by atoms with E-state index in [4.69, 9.17) is 0 Å². The van der Waals surface area contributed by atoms with Crippen LogP contribution in [0.2, 0.25) is 0 Å². The smallest absolute Gasteiger partial charge is 0.214 e. The first-order valence-electron chi connectivity index (χ1n) is 7.79. The third kappa shape index (κ3) is 4.28. The van der Waals surface area contributed by atoms with Gasteiger partial charge in [0, 0.05) is 12.6 Å². The first-order chi connectivity index (χ1) is 10.0. The average Bonchev–Trinajstić information content (AvgIpc) is 2.49. The summed E-state index contributed by atoms with van der Waals surface area (Å²) in [5.41, 5.74) is 1.09. The Balaban J connectivity index is 2.08. The maximum atomic E-state index is 12.8. The number of nitrogens with zero attached hydrogens (tertiary/aromatic N) is 1. The molecule has 1 unspecified atom stereocenters. The molecule has 0 bridgehead atoms. The molecule has 0 spiro atoms. The summed E-state index contributed by atoms with van der Waals surface area (Å²) in [5, 5.41) is 3.29. The monoisotopic (exact) mass is 310 g/mol. The quantitative estimate of drug-likeness (QED) is 0.876. The molecule has 1 N–H and O–H groups in total. The number of rotatable bonds is 6. The lowest BCUT2D eigenvalue weighted by atomic mass is 10.0. The van der Waals surface area contributed by atoms with Gasteiger partial charge in [0.2, 0.25) is 10.0 Å². The molecule has 0 saturated carbocycles. The lowest BCUT2D eigenvalue weighted by Gasteiger charge is -2.33. The molecule has 21 heavy (non-hydrogen) atoms. The molecule has 1 aliphatic heterocycles.